The van der Waals surface area contributed by atoms with Crippen LogP contribution in [0.4, 0.5) is 0 Å². The Labute approximate surface area is 331 Å². The van der Waals surface area contributed by atoms with Gasteiger partial charge in [-0.2, -0.15) is 0 Å². The first-order valence-electron chi connectivity index (χ1n) is 19.3. The molecule has 2 aliphatic carbocycles. The Bertz CT molecular complexity index is 2490. The third-order valence-corrected chi connectivity index (χ3v) is 12.1. The number of carbonyl (C=O) groups excluding carboxylic acids is 2. The van der Waals surface area contributed by atoms with Crippen LogP contribution in [0.5, 0.6) is 28.7 Å². The molecule has 0 aromatic heterocycles. The van der Waals surface area contributed by atoms with E-state index in [-0.39, 0.29) is 41.9 Å². The molecule has 292 valence electrons. The van der Waals surface area contributed by atoms with E-state index >= 15 is 0 Å². The van der Waals surface area contributed by atoms with E-state index in [0.29, 0.717) is 37.2 Å². The zero-order chi connectivity index (χ0) is 39.8. The van der Waals surface area contributed by atoms with Crippen molar-refractivity contribution in [3.8, 4) is 28.7 Å². The zero-order valence-corrected chi connectivity index (χ0v) is 32.2. The first-order chi connectivity index (χ1) is 27.5. The summed E-state index contributed by atoms with van der Waals surface area (Å²) in [5.41, 5.74) is 4.12. The van der Waals surface area contributed by atoms with Crippen molar-refractivity contribution in [2.24, 2.45) is 5.92 Å². The lowest BCUT2D eigenvalue weighted by atomic mass is 9.54. The zero-order valence-electron chi connectivity index (χ0n) is 32.2. The number of ether oxygens (including phenoxy) is 4. The molecule has 0 amide bonds. The Hall–Kier alpha value is -6.22. The summed E-state index contributed by atoms with van der Waals surface area (Å²) in [4.78, 5) is 26.9. The number of phenolic OH excluding ortho intramolecular Hbond substituents is 3. The number of benzene rings is 6. The van der Waals surface area contributed by atoms with Crippen LogP contribution in [0.3, 0.4) is 0 Å². The third kappa shape index (κ3) is 7.54. The summed E-state index contributed by atoms with van der Waals surface area (Å²) in [7, 11) is 3.05. The first kappa shape index (κ1) is 37.7. The summed E-state index contributed by atoms with van der Waals surface area (Å²) in [5.74, 6) is -0.343. The average Bonchev–Trinajstić information content (AvgIpc) is 3.19. The van der Waals surface area contributed by atoms with Crippen molar-refractivity contribution in [3.05, 3.63) is 137 Å². The van der Waals surface area contributed by atoms with E-state index in [2.05, 4.69) is 30.3 Å². The quantitative estimate of drug-likeness (QED) is 0.130. The Morgan fingerprint density at radius 1 is 0.702 bits per heavy atom. The van der Waals surface area contributed by atoms with E-state index in [0.717, 1.165) is 49.4 Å². The second-order valence-corrected chi connectivity index (χ2v) is 15.6. The Balaban J connectivity index is 1.25. The molecule has 3 N–H and O–H groups in total. The largest absolute Gasteiger partial charge is 0.508 e. The molecule has 0 heterocycles. The highest BCUT2D eigenvalue weighted by atomic mass is 16.6. The van der Waals surface area contributed by atoms with Crippen LogP contribution in [0.1, 0.15) is 59.9 Å². The maximum absolute atomic E-state index is 13.9. The van der Waals surface area contributed by atoms with Crippen molar-refractivity contribution in [2.45, 2.75) is 69.0 Å². The number of phenols is 3. The van der Waals surface area contributed by atoms with Crippen LogP contribution in [0.25, 0.3) is 21.5 Å². The molecule has 9 nitrogen and oxygen atoms in total. The van der Waals surface area contributed by atoms with Crippen LogP contribution < -0.4 is 9.47 Å². The van der Waals surface area contributed by atoms with Crippen LogP contribution in [0, 0.1) is 5.92 Å². The summed E-state index contributed by atoms with van der Waals surface area (Å²) in [6.07, 6.45) is 1.06. The average molecular weight is 767 g/mol. The second kappa shape index (κ2) is 15.4. The fourth-order valence-electron chi connectivity index (χ4n) is 9.51. The fourth-order valence-corrected chi connectivity index (χ4v) is 9.51. The molecule has 0 saturated heterocycles. The molecular weight excluding hydrogens is 721 g/mol. The molecule has 8 rings (SSSR count). The van der Waals surface area contributed by atoms with Gasteiger partial charge in [0.05, 0.1) is 20.6 Å². The van der Waals surface area contributed by atoms with Crippen LogP contribution in [-0.2, 0) is 43.7 Å². The van der Waals surface area contributed by atoms with E-state index in [1.54, 1.807) is 24.3 Å². The van der Waals surface area contributed by atoms with Gasteiger partial charge in [0, 0.05) is 24.7 Å². The van der Waals surface area contributed by atoms with Crippen LogP contribution in [0.2, 0.25) is 0 Å². The molecular formula is C48H46O9. The van der Waals surface area contributed by atoms with Gasteiger partial charge in [-0.1, -0.05) is 72.8 Å². The van der Waals surface area contributed by atoms with Crippen LogP contribution in [-0.4, -0.2) is 53.7 Å². The highest BCUT2D eigenvalue weighted by Gasteiger charge is 2.52. The predicted molar refractivity (Wildman–Crippen MR) is 217 cm³/mol. The van der Waals surface area contributed by atoms with Crippen molar-refractivity contribution >= 4 is 33.5 Å². The monoisotopic (exact) mass is 766 g/mol. The minimum absolute atomic E-state index is 0.0220. The molecule has 6 aromatic rings. The summed E-state index contributed by atoms with van der Waals surface area (Å²) in [5, 5.41) is 35.6. The number of hydrogen-bond donors (Lipinski definition) is 3. The van der Waals surface area contributed by atoms with E-state index in [4.69, 9.17) is 18.9 Å². The first-order valence-corrected chi connectivity index (χ1v) is 19.3. The third-order valence-electron chi connectivity index (χ3n) is 12.1. The smallest absolute Gasteiger partial charge is 0.310 e. The molecule has 0 spiro atoms. The minimum Gasteiger partial charge on any atom is -0.508 e. The molecule has 0 radical (unpaired) electrons. The minimum atomic E-state index is -0.636. The Morgan fingerprint density at radius 3 is 2.21 bits per heavy atom. The highest BCUT2D eigenvalue weighted by Crippen LogP contribution is 2.55. The number of carbonyl (C=O) groups is 2. The number of rotatable bonds is 8. The fraction of sp³-hybridized carbons (Fsp3) is 0.292. The van der Waals surface area contributed by atoms with Crippen molar-refractivity contribution in [1.29, 1.82) is 0 Å². The molecule has 6 aromatic carbocycles. The number of aromatic hydroxyl groups is 3. The number of fused-ring (bicyclic) bond motifs is 4. The molecule has 5 atom stereocenters. The van der Waals surface area contributed by atoms with Crippen LogP contribution in [0.15, 0.2) is 109 Å². The summed E-state index contributed by atoms with van der Waals surface area (Å²) < 4.78 is 23.9. The SMILES string of the molecule is COc1cc([C@@H]2C[C@H](OC(=O)Cc3ccc4cc(O)ccc4c3)C[C@@H](OC(C)=O)[C@@H]3Cc4cc(OC)c(O)cc4C[C@@]3(c3ccc4ccccc4c3)C2)ccc1O. The number of esters is 2. The van der Waals surface area contributed by atoms with E-state index in [1.165, 1.54) is 21.1 Å². The van der Waals surface area contributed by atoms with Gasteiger partial charge in [0.15, 0.2) is 23.0 Å². The molecule has 0 bridgehead atoms. The predicted octanol–water partition coefficient (Wildman–Crippen LogP) is 8.83. The standard InChI is InChI=1S/C48H46O9/c1-28(49)56-44-25-40(57-47(53)17-29-8-9-33-19-39(50)14-11-32(33)16-29)20-36(34-12-15-42(51)45(23-34)54-2)26-48(38-13-10-30-6-4-5-7-31(30)18-38)27-37-22-43(52)46(55-3)24-35(37)21-41(44)48/h4-16,18-19,22-24,36,40-41,44,50-52H,17,20-21,25-27H2,1-3H3/t36-,40+,41+,44-,48-/m1/s1. The van der Waals surface area contributed by atoms with Gasteiger partial charge in [-0.15, -0.1) is 0 Å². The summed E-state index contributed by atoms with van der Waals surface area (Å²) in [6, 6.07) is 34.6. The normalized spacial score (nSPS) is 21.7. The second-order valence-electron chi connectivity index (χ2n) is 15.6. The Kier molecular flexibility index (Phi) is 10.2. The maximum atomic E-state index is 13.9. The maximum Gasteiger partial charge on any atom is 0.310 e. The van der Waals surface area contributed by atoms with Gasteiger partial charge >= 0.3 is 11.9 Å². The number of methoxy groups -OCH3 is 2. The van der Waals surface area contributed by atoms with E-state index in [1.807, 2.05) is 54.6 Å². The summed E-state index contributed by atoms with van der Waals surface area (Å²) in [6.45, 7) is 1.42. The molecule has 2 aliphatic rings. The van der Waals surface area contributed by atoms with Gasteiger partial charge < -0.3 is 34.3 Å². The van der Waals surface area contributed by atoms with Gasteiger partial charge in [0.1, 0.15) is 18.0 Å². The highest BCUT2D eigenvalue weighted by molar-refractivity contribution is 5.86. The van der Waals surface area contributed by atoms with Gasteiger partial charge in [-0.25, -0.2) is 0 Å². The van der Waals surface area contributed by atoms with Gasteiger partial charge in [0.2, 0.25) is 0 Å². The molecule has 1 fully saturated rings. The topological polar surface area (TPSA) is 132 Å². The molecule has 9 heteroatoms. The van der Waals surface area contributed by atoms with Crippen molar-refractivity contribution in [2.75, 3.05) is 14.2 Å². The van der Waals surface area contributed by atoms with Crippen molar-refractivity contribution in [1.82, 2.24) is 0 Å². The lowest BCUT2D eigenvalue weighted by Crippen LogP contribution is -2.52. The van der Waals surface area contributed by atoms with E-state index < -0.39 is 29.6 Å². The molecule has 0 unspecified atom stereocenters. The van der Waals surface area contributed by atoms with Crippen molar-refractivity contribution in [3.63, 3.8) is 0 Å². The van der Waals surface area contributed by atoms with Gasteiger partial charge in [-0.3, -0.25) is 9.59 Å². The lowest BCUT2D eigenvalue weighted by Gasteiger charge is -2.52. The number of hydrogen-bond acceptors (Lipinski definition) is 9. The lowest BCUT2D eigenvalue weighted by molar-refractivity contribution is -0.160. The van der Waals surface area contributed by atoms with Crippen LogP contribution >= 0.6 is 0 Å². The molecule has 1 saturated carbocycles. The van der Waals surface area contributed by atoms with E-state index in [9.17, 15) is 24.9 Å². The van der Waals surface area contributed by atoms with Gasteiger partial charge in [0.25, 0.3) is 0 Å². The summed E-state index contributed by atoms with van der Waals surface area (Å²) >= 11 is 0. The van der Waals surface area contributed by atoms with Gasteiger partial charge in [-0.05, 0) is 117 Å². The Morgan fingerprint density at radius 2 is 1.42 bits per heavy atom. The molecule has 57 heavy (non-hydrogen) atoms. The molecule has 0 aliphatic heterocycles. The van der Waals surface area contributed by atoms with Crippen molar-refractivity contribution < 1.29 is 43.9 Å².